The second-order valence-electron chi connectivity index (χ2n) is 10.8. The van der Waals surface area contributed by atoms with Crippen molar-refractivity contribution in [1.82, 2.24) is 10.2 Å². The molecule has 0 radical (unpaired) electrons. The molecule has 0 heterocycles. The van der Waals surface area contributed by atoms with E-state index in [0.717, 1.165) is 36.4 Å². The van der Waals surface area contributed by atoms with Gasteiger partial charge in [0.15, 0.2) is 0 Å². The first-order valence-electron chi connectivity index (χ1n) is 15.0. The number of carbonyl (C=O) groups is 2. The molecule has 1 saturated carbocycles. The largest absolute Gasteiger partial charge is 0.494 e. The van der Waals surface area contributed by atoms with E-state index in [2.05, 4.69) is 5.32 Å². The number of hydrogen-bond acceptors (Lipinski definition) is 5. The summed E-state index contributed by atoms with van der Waals surface area (Å²) in [6, 6.07) is 18.7. The average Bonchev–Trinajstić information content (AvgIpc) is 3.02. The van der Waals surface area contributed by atoms with E-state index in [4.69, 9.17) is 27.9 Å². The molecule has 1 fully saturated rings. The Kier molecular flexibility index (Phi) is 11.9. The van der Waals surface area contributed by atoms with Gasteiger partial charge in [0.05, 0.1) is 17.2 Å². The van der Waals surface area contributed by atoms with Crippen LogP contribution in [0.5, 0.6) is 5.75 Å². The van der Waals surface area contributed by atoms with Crippen LogP contribution >= 0.6 is 23.2 Å². The van der Waals surface area contributed by atoms with Crippen LogP contribution in [-0.2, 0) is 26.2 Å². The van der Waals surface area contributed by atoms with Crippen LogP contribution in [0.25, 0.3) is 0 Å². The van der Waals surface area contributed by atoms with Crippen LogP contribution in [0.3, 0.4) is 0 Å². The summed E-state index contributed by atoms with van der Waals surface area (Å²) in [5.74, 6) is -0.270. The Morgan fingerprint density at radius 1 is 0.955 bits per heavy atom. The lowest BCUT2D eigenvalue weighted by Gasteiger charge is -2.34. The van der Waals surface area contributed by atoms with Crippen molar-refractivity contribution in [2.24, 2.45) is 0 Å². The number of para-hydroxylation sites is 1. The Labute approximate surface area is 270 Å². The summed E-state index contributed by atoms with van der Waals surface area (Å²) in [4.78, 5) is 29.4. The molecule has 0 aliphatic heterocycles. The van der Waals surface area contributed by atoms with E-state index in [9.17, 15) is 18.0 Å². The fourth-order valence-corrected chi connectivity index (χ4v) is 7.30. The van der Waals surface area contributed by atoms with Crippen LogP contribution < -0.4 is 14.4 Å². The number of benzene rings is 3. The summed E-state index contributed by atoms with van der Waals surface area (Å²) >= 11 is 12.6. The number of ether oxygens (including phenoxy) is 1. The van der Waals surface area contributed by atoms with Gasteiger partial charge in [-0.05, 0) is 80.3 Å². The summed E-state index contributed by atoms with van der Waals surface area (Å²) < 4.78 is 34.6. The van der Waals surface area contributed by atoms with Crippen molar-refractivity contribution in [2.45, 2.75) is 75.9 Å². The van der Waals surface area contributed by atoms with Gasteiger partial charge < -0.3 is 15.0 Å². The van der Waals surface area contributed by atoms with Gasteiger partial charge in [0.2, 0.25) is 11.8 Å². The molecule has 1 aliphatic rings. The van der Waals surface area contributed by atoms with Crippen LogP contribution in [-0.4, -0.2) is 50.4 Å². The predicted molar refractivity (Wildman–Crippen MR) is 175 cm³/mol. The van der Waals surface area contributed by atoms with Gasteiger partial charge in [0.25, 0.3) is 10.0 Å². The first kappa shape index (κ1) is 33.6. The second-order valence-corrected chi connectivity index (χ2v) is 13.5. The molecule has 3 aromatic rings. The molecule has 1 N–H and O–H groups in total. The number of sulfonamides is 1. The van der Waals surface area contributed by atoms with Crippen molar-refractivity contribution < 1.29 is 22.7 Å². The molecular formula is C33H39Cl2N3O5S. The first-order valence-corrected chi connectivity index (χ1v) is 17.2. The number of nitrogens with one attached hydrogen (secondary N) is 1. The smallest absolute Gasteiger partial charge is 0.264 e. The van der Waals surface area contributed by atoms with E-state index in [1.807, 2.05) is 13.8 Å². The molecule has 236 valence electrons. The molecule has 44 heavy (non-hydrogen) atoms. The molecule has 0 spiro atoms. The lowest BCUT2D eigenvalue weighted by atomic mass is 9.95. The Bertz CT molecular complexity index is 1510. The lowest BCUT2D eigenvalue weighted by molar-refractivity contribution is -0.140. The van der Waals surface area contributed by atoms with Crippen molar-refractivity contribution in [1.29, 1.82) is 0 Å². The summed E-state index contributed by atoms with van der Waals surface area (Å²) in [6.45, 7) is 3.59. The lowest BCUT2D eigenvalue weighted by Crippen LogP contribution is -2.54. The Morgan fingerprint density at radius 2 is 1.64 bits per heavy atom. The van der Waals surface area contributed by atoms with E-state index >= 15 is 0 Å². The quantitative estimate of drug-likeness (QED) is 0.217. The summed E-state index contributed by atoms with van der Waals surface area (Å²) in [7, 11) is -4.19. The van der Waals surface area contributed by atoms with Crippen molar-refractivity contribution in [3.8, 4) is 5.75 Å². The minimum Gasteiger partial charge on any atom is -0.494 e. The van der Waals surface area contributed by atoms with E-state index in [1.54, 1.807) is 60.7 Å². The third kappa shape index (κ3) is 8.46. The monoisotopic (exact) mass is 659 g/mol. The number of carbonyl (C=O) groups excluding carboxylic acids is 2. The van der Waals surface area contributed by atoms with E-state index in [0.29, 0.717) is 40.1 Å². The normalized spacial score (nSPS) is 14.5. The van der Waals surface area contributed by atoms with Gasteiger partial charge in [-0.1, -0.05) is 73.7 Å². The molecule has 0 unspecified atom stereocenters. The van der Waals surface area contributed by atoms with Crippen LogP contribution in [0, 0.1) is 0 Å². The molecule has 1 atom stereocenters. The zero-order chi connectivity index (χ0) is 31.7. The highest BCUT2D eigenvalue weighted by Crippen LogP contribution is 2.28. The number of nitrogens with zero attached hydrogens (tertiary/aromatic N) is 2. The third-order valence-corrected chi connectivity index (χ3v) is 10.1. The molecule has 3 aromatic carbocycles. The fourth-order valence-electron chi connectivity index (χ4n) is 5.42. The summed E-state index contributed by atoms with van der Waals surface area (Å²) in [5, 5.41) is 3.93. The SMILES string of the molecule is CCOc1ccc(S(=O)(=O)N(CC(=O)N(Cc2ccc(Cl)cc2Cl)[C@@H](CC)C(=O)NC2CCCCC2)c2ccccc2)cc1. The maximum absolute atomic E-state index is 14.3. The second kappa shape index (κ2) is 15.6. The Morgan fingerprint density at radius 3 is 2.25 bits per heavy atom. The highest BCUT2D eigenvalue weighted by Gasteiger charge is 2.34. The Hall–Kier alpha value is -3.27. The number of rotatable bonds is 13. The van der Waals surface area contributed by atoms with Crippen molar-refractivity contribution in [2.75, 3.05) is 17.5 Å². The standard InChI is InChI=1S/C33H39Cl2N3O5S/c1-3-31(33(40)36-26-11-7-5-8-12-26)37(22-24-15-16-25(34)21-30(24)35)32(39)23-38(27-13-9-6-10-14-27)44(41,42)29-19-17-28(18-20-29)43-4-2/h6,9-10,13-21,26,31H,3-5,7-8,11-12,22-23H2,1-2H3,(H,36,40)/t31-/m0/s1. The average molecular weight is 661 g/mol. The zero-order valence-corrected chi connectivity index (χ0v) is 27.4. The first-order chi connectivity index (χ1) is 21.1. The van der Waals surface area contributed by atoms with Gasteiger partial charge in [-0.15, -0.1) is 0 Å². The Balaban J connectivity index is 1.70. The van der Waals surface area contributed by atoms with Crippen LogP contribution in [0.1, 0.15) is 57.9 Å². The maximum atomic E-state index is 14.3. The van der Waals surface area contributed by atoms with Crippen molar-refractivity contribution in [3.63, 3.8) is 0 Å². The minimum atomic E-state index is -4.19. The number of anilines is 1. The minimum absolute atomic E-state index is 0.00282. The fraction of sp³-hybridized carbons (Fsp3) is 0.394. The van der Waals surface area contributed by atoms with Crippen molar-refractivity contribution >= 4 is 50.7 Å². The molecular weight excluding hydrogens is 621 g/mol. The summed E-state index contributed by atoms with van der Waals surface area (Å²) in [5.41, 5.74) is 0.910. The number of halogens is 2. The third-order valence-electron chi connectivity index (χ3n) is 7.74. The van der Waals surface area contributed by atoms with Gasteiger partial charge in [-0.2, -0.15) is 0 Å². The van der Waals surface area contributed by atoms with Crippen LogP contribution in [0.2, 0.25) is 10.0 Å². The molecule has 0 bridgehead atoms. The van der Waals surface area contributed by atoms with E-state index < -0.39 is 28.5 Å². The van der Waals surface area contributed by atoms with Gasteiger partial charge in [-0.3, -0.25) is 13.9 Å². The highest BCUT2D eigenvalue weighted by molar-refractivity contribution is 7.92. The topological polar surface area (TPSA) is 96.0 Å². The molecule has 11 heteroatoms. The molecule has 0 saturated heterocycles. The maximum Gasteiger partial charge on any atom is 0.264 e. The number of hydrogen-bond donors (Lipinski definition) is 1. The van der Waals surface area contributed by atoms with Gasteiger partial charge in [0.1, 0.15) is 18.3 Å². The highest BCUT2D eigenvalue weighted by atomic mass is 35.5. The van der Waals surface area contributed by atoms with Crippen LogP contribution in [0.15, 0.2) is 77.7 Å². The zero-order valence-electron chi connectivity index (χ0n) is 25.0. The molecule has 0 aromatic heterocycles. The van der Waals surface area contributed by atoms with Crippen molar-refractivity contribution in [3.05, 3.63) is 88.4 Å². The van der Waals surface area contributed by atoms with Crippen LogP contribution in [0.4, 0.5) is 5.69 Å². The predicted octanol–water partition coefficient (Wildman–Crippen LogP) is 6.84. The number of amides is 2. The van der Waals surface area contributed by atoms with Gasteiger partial charge in [0, 0.05) is 22.6 Å². The molecule has 1 aliphatic carbocycles. The molecule has 8 nitrogen and oxygen atoms in total. The van der Waals surface area contributed by atoms with Gasteiger partial charge in [-0.25, -0.2) is 8.42 Å². The molecule has 2 amide bonds. The molecule has 4 rings (SSSR count). The summed E-state index contributed by atoms with van der Waals surface area (Å²) in [6.07, 6.45) is 5.33. The van der Waals surface area contributed by atoms with Gasteiger partial charge >= 0.3 is 0 Å². The van der Waals surface area contributed by atoms with E-state index in [-0.39, 0.29) is 23.4 Å². The van der Waals surface area contributed by atoms with E-state index in [1.165, 1.54) is 17.0 Å².